The van der Waals surface area contributed by atoms with Gasteiger partial charge in [0, 0.05) is 6.08 Å². The molecule has 4 aliphatic rings. The molecule has 0 heterocycles. The van der Waals surface area contributed by atoms with E-state index >= 15 is 0 Å². The van der Waals surface area contributed by atoms with Crippen molar-refractivity contribution in [2.45, 2.75) is 45.4 Å². The van der Waals surface area contributed by atoms with Crippen molar-refractivity contribution in [3.05, 3.63) is 11.6 Å². The fourth-order valence-corrected chi connectivity index (χ4v) is 5.01. The number of rotatable bonds is 3. The zero-order valence-electron chi connectivity index (χ0n) is 10.6. The lowest BCUT2D eigenvalue weighted by molar-refractivity contribution is -0.131. The summed E-state index contributed by atoms with van der Waals surface area (Å²) >= 11 is 0. The van der Waals surface area contributed by atoms with E-state index < -0.39 is 5.97 Å². The second kappa shape index (κ2) is 4.15. The van der Waals surface area contributed by atoms with E-state index in [9.17, 15) is 4.79 Å². The first-order valence-corrected chi connectivity index (χ1v) is 7.02. The number of carbonyl (C=O) groups is 1. The number of hydrogen-bond acceptors (Lipinski definition) is 1. The van der Waals surface area contributed by atoms with E-state index in [1.807, 2.05) is 6.92 Å². The minimum atomic E-state index is -0.786. The van der Waals surface area contributed by atoms with Crippen molar-refractivity contribution < 1.29 is 9.90 Å². The molecule has 0 amide bonds. The average molecular weight is 234 g/mol. The van der Waals surface area contributed by atoms with E-state index in [0.717, 1.165) is 41.6 Å². The quantitative estimate of drug-likeness (QED) is 0.759. The Bertz CT molecular complexity index is 328. The first kappa shape index (κ1) is 11.3. The number of aliphatic carboxylic acids is 1. The van der Waals surface area contributed by atoms with Crippen LogP contribution in [-0.4, -0.2) is 11.1 Å². The lowest BCUT2D eigenvalue weighted by Crippen LogP contribution is -2.45. The van der Waals surface area contributed by atoms with Crippen LogP contribution in [0.25, 0.3) is 0 Å². The van der Waals surface area contributed by atoms with E-state index in [4.69, 9.17) is 5.11 Å². The van der Waals surface area contributed by atoms with Gasteiger partial charge in [-0.15, -0.1) is 0 Å². The van der Waals surface area contributed by atoms with Crippen molar-refractivity contribution in [2.24, 2.45) is 29.6 Å². The summed E-state index contributed by atoms with van der Waals surface area (Å²) < 4.78 is 0. The molecule has 0 unspecified atom stereocenters. The summed E-state index contributed by atoms with van der Waals surface area (Å²) in [4.78, 5) is 10.7. The maximum absolute atomic E-state index is 10.7. The molecule has 1 N–H and O–H groups in total. The van der Waals surface area contributed by atoms with Crippen molar-refractivity contribution in [2.75, 3.05) is 0 Å². The molecule has 0 atom stereocenters. The summed E-state index contributed by atoms with van der Waals surface area (Å²) in [5.41, 5.74) is 1.06. The zero-order valence-corrected chi connectivity index (χ0v) is 10.6. The lowest BCUT2D eigenvalue weighted by Gasteiger charge is -2.54. The Labute approximate surface area is 103 Å². The minimum Gasteiger partial charge on any atom is -0.478 e. The Morgan fingerprint density at radius 1 is 1.12 bits per heavy atom. The smallest absolute Gasteiger partial charge is 0.328 e. The highest BCUT2D eigenvalue weighted by molar-refractivity contribution is 5.80. The summed E-state index contributed by atoms with van der Waals surface area (Å²) in [6.07, 6.45) is 9.64. The predicted octanol–water partition coefficient (Wildman–Crippen LogP) is 3.48. The molecule has 94 valence electrons. The van der Waals surface area contributed by atoms with Gasteiger partial charge in [-0.1, -0.05) is 5.57 Å². The summed E-state index contributed by atoms with van der Waals surface area (Å²) in [5, 5.41) is 8.79. The Kier molecular flexibility index (Phi) is 2.76. The van der Waals surface area contributed by atoms with Crippen molar-refractivity contribution in [1.82, 2.24) is 0 Å². The van der Waals surface area contributed by atoms with Gasteiger partial charge in [-0.05, 0) is 75.0 Å². The topological polar surface area (TPSA) is 37.3 Å². The molecular weight excluding hydrogens is 212 g/mol. The summed E-state index contributed by atoms with van der Waals surface area (Å²) in [5.74, 6) is 3.84. The zero-order chi connectivity index (χ0) is 12.0. The van der Waals surface area contributed by atoms with Crippen LogP contribution in [0.4, 0.5) is 0 Å². The molecule has 17 heavy (non-hydrogen) atoms. The van der Waals surface area contributed by atoms with Crippen LogP contribution in [0.15, 0.2) is 11.6 Å². The highest BCUT2D eigenvalue weighted by atomic mass is 16.4. The maximum Gasteiger partial charge on any atom is 0.328 e. The second-order valence-corrected chi connectivity index (χ2v) is 6.63. The van der Waals surface area contributed by atoms with Crippen LogP contribution in [0, 0.1) is 29.6 Å². The van der Waals surface area contributed by atoms with E-state index in [0.29, 0.717) is 0 Å². The average Bonchev–Trinajstić information content (AvgIpc) is 2.21. The monoisotopic (exact) mass is 234 g/mol. The molecule has 4 fully saturated rings. The molecule has 0 aromatic carbocycles. The Balaban J connectivity index is 1.70. The minimum absolute atomic E-state index is 0.786. The van der Waals surface area contributed by atoms with Gasteiger partial charge >= 0.3 is 5.97 Å². The third-order valence-electron chi connectivity index (χ3n) is 5.35. The molecule has 0 aromatic rings. The second-order valence-electron chi connectivity index (χ2n) is 6.63. The van der Waals surface area contributed by atoms with E-state index in [-0.39, 0.29) is 0 Å². The van der Waals surface area contributed by atoms with Gasteiger partial charge < -0.3 is 5.11 Å². The van der Waals surface area contributed by atoms with Gasteiger partial charge in [0.2, 0.25) is 0 Å². The standard InChI is InChI=1S/C15H22O2/c1-9(3-15(16)17)2-14-12-5-10-4-11(7-12)8-13(14)6-10/h3,10-14H,2,4-8H2,1H3,(H,16,17)/b9-3+. The van der Waals surface area contributed by atoms with Gasteiger partial charge in [-0.2, -0.15) is 0 Å². The van der Waals surface area contributed by atoms with Crippen LogP contribution in [0.2, 0.25) is 0 Å². The molecule has 0 aromatic heterocycles. The number of carboxylic acid groups (broad SMARTS) is 1. The Hall–Kier alpha value is -0.790. The highest BCUT2D eigenvalue weighted by Crippen LogP contribution is 2.57. The molecule has 0 spiro atoms. The molecule has 4 saturated carbocycles. The number of allylic oxidation sites excluding steroid dienone is 1. The van der Waals surface area contributed by atoms with Gasteiger partial charge in [0.25, 0.3) is 0 Å². The molecule has 2 heteroatoms. The lowest BCUT2D eigenvalue weighted by atomic mass is 9.51. The predicted molar refractivity (Wildman–Crippen MR) is 66.5 cm³/mol. The van der Waals surface area contributed by atoms with Gasteiger partial charge in [0.05, 0.1) is 0 Å². The maximum atomic E-state index is 10.7. The fourth-order valence-electron chi connectivity index (χ4n) is 5.01. The van der Waals surface area contributed by atoms with Gasteiger partial charge in [-0.25, -0.2) is 4.79 Å². The molecular formula is C15H22O2. The highest BCUT2D eigenvalue weighted by Gasteiger charge is 2.47. The van der Waals surface area contributed by atoms with Crippen LogP contribution < -0.4 is 0 Å². The molecule has 4 bridgehead atoms. The molecule has 0 aliphatic heterocycles. The number of hydrogen-bond donors (Lipinski definition) is 1. The summed E-state index contributed by atoms with van der Waals surface area (Å²) in [6, 6.07) is 0. The van der Waals surface area contributed by atoms with Crippen molar-refractivity contribution in [3.63, 3.8) is 0 Å². The van der Waals surface area contributed by atoms with Crippen LogP contribution >= 0.6 is 0 Å². The van der Waals surface area contributed by atoms with Crippen molar-refractivity contribution in [1.29, 1.82) is 0 Å². The Morgan fingerprint density at radius 3 is 2.12 bits per heavy atom. The first-order valence-electron chi connectivity index (χ1n) is 7.02. The molecule has 2 nitrogen and oxygen atoms in total. The van der Waals surface area contributed by atoms with E-state index in [1.54, 1.807) is 0 Å². The summed E-state index contributed by atoms with van der Waals surface area (Å²) in [6.45, 7) is 1.99. The Morgan fingerprint density at radius 2 is 1.65 bits per heavy atom. The van der Waals surface area contributed by atoms with Gasteiger partial charge in [0.15, 0.2) is 0 Å². The SMILES string of the molecule is C/C(=C\C(=O)O)CC1C2CC3CC(C2)CC1C3. The van der Waals surface area contributed by atoms with Crippen molar-refractivity contribution in [3.8, 4) is 0 Å². The molecule has 0 saturated heterocycles. The fraction of sp³-hybridized carbons (Fsp3) is 0.800. The largest absolute Gasteiger partial charge is 0.478 e. The summed E-state index contributed by atoms with van der Waals surface area (Å²) in [7, 11) is 0. The van der Waals surface area contributed by atoms with E-state index in [2.05, 4.69) is 0 Å². The van der Waals surface area contributed by atoms with Gasteiger partial charge in [-0.3, -0.25) is 0 Å². The van der Waals surface area contributed by atoms with Crippen LogP contribution in [0.1, 0.15) is 45.4 Å². The van der Waals surface area contributed by atoms with Gasteiger partial charge in [0.1, 0.15) is 0 Å². The van der Waals surface area contributed by atoms with Crippen LogP contribution in [0.3, 0.4) is 0 Å². The number of carboxylic acids is 1. The molecule has 0 radical (unpaired) electrons. The normalized spacial score (nSPS) is 44.1. The first-order chi connectivity index (χ1) is 8.11. The van der Waals surface area contributed by atoms with E-state index in [1.165, 1.54) is 38.2 Å². The van der Waals surface area contributed by atoms with Crippen LogP contribution in [0.5, 0.6) is 0 Å². The van der Waals surface area contributed by atoms with Crippen molar-refractivity contribution >= 4 is 5.97 Å². The van der Waals surface area contributed by atoms with Crippen LogP contribution in [-0.2, 0) is 4.79 Å². The molecule has 4 rings (SSSR count). The third kappa shape index (κ3) is 2.14. The molecule has 4 aliphatic carbocycles. The third-order valence-corrected chi connectivity index (χ3v) is 5.35.